The minimum absolute atomic E-state index is 0.0156. The number of carbonyl (C=O) groups excluding carboxylic acids is 3. The van der Waals surface area contributed by atoms with Gasteiger partial charge in [-0.2, -0.15) is 0 Å². The quantitative estimate of drug-likeness (QED) is 0.444. The van der Waals surface area contributed by atoms with Gasteiger partial charge in [0, 0.05) is 42.8 Å². The van der Waals surface area contributed by atoms with E-state index in [0.29, 0.717) is 31.8 Å². The molecule has 0 unspecified atom stereocenters. The molecule has 4 aromatic rings. The van der Waals surface area contributed by atoms with Crippen LogP contribution in [0.1, 0.15) is 5.56 Å². The normalized spacial score (nSPS) is 13.7. The molecule has 35 heavy (non-hydrogen) atoms. The standard InChI is InChI=1S/C27H25N3O5/c31-24(29-12-14-30(15-13-29)27(33)28-21-7-2-1-3-8-21)18-35-25(32)16-20-17-34-23-11-10-19-6-4-5-9-22(19)26(20)23/h1-11,17H,12-16,18H2,(H,28,33). The van der Waals surface area contributed by atoms with Crippen LogP contribution in [0, 0.1) is 0 Å². The van der Waals surface area contributed by atoms with Crippen molar-refractivity contribution in [2.45, 2.75) is 6.42 Å². The molecule has 0 spiro atoms. The van der Waals surface area contributed by atoms with Gasteiger partial charge in [0.05, 0.1) is 12.7 Å². The zero-order valence-electron chi connectivity index (χ0n) is 19.1. The monoisotopic (exact) mass is 471 g/mol. The fourth-order valence-electron chi connectivity index (χ4n) is 4.33. The number of piperazine rings is 1. The van der Waals surface area contributed by atoms with Gasteiger partial charge < -0.3 is 24.3 Å². The number of rotatable bonds is 5. The Balaban J connectivity index is 1.12. The molecule has 1 fully saturated rings. The Morgan fingerprint density at radius 1 is 0.857 bits per heavy atom. The average molecular weight is 472 g/mol. The lowest BCUT2D eigenvalue weighted by molar-refractivity contribution is -0.152. The lowest BCUT2D eigenvalue weighted by Gasteiger charge is -2.34. The van der Waals surface area contributed by atoms with E-state index in [0.717, 1.165) is 27.4 Å². The number of benzene rings is 3. The van der Waals surface area contributed by atoms with E-state index in [1.54, 1.807) is 16.1 Å². The van der Waals surface area contributed by atoms with Crippen LogP contribution in [0.3, 0.4) is 0 Å². The molecular weight excluding hydrogens is 446 g/mol. The smallest absolute Gasteiger partial charge is 0.321 e. The Bertz CT molecular complexity index is 1370. The van der Waals surface area contributed by atoms with Crippen molar-refractivity contribution in [1.82, 2.24) is 9.80 Å². The summed E-state index contributed by atoms with van der Waals surface area (Å²) in [4.78, 5) is 40.8. The number of amides is 3. The maximum atomic E-state index is 12.6. The summed E-state index contributed by atoms with van der Waals surface area (Å²) in [6.45, 7) is 1.26. The van der Waals surface area contributed by atoms with Crippen LogP contribution in [0.15, 0.2) is 77.4 Å². The number of esters is 1. The highest BCUT2D eigenvalue weighted by molar-refractivity contribution is 6.08. The first-order valence-corrected chi connectivity index (χ1v) is 11.5. The molecule has 0 atom stereocenters. The molecule has 3 aromatic carbocycles. The average Bonchev–Trinajstić information content (AvgIpc) is 3.31. The van der Waals surface area contributed by atoms with Gasteiger partial charge in [0.25, 0.3) is 5.91 Å². The van der Waals surface area contributed by atoms with E-state index >= 15 is 0 Å². The van der Waals surface area contributed by atoms with Crippen molar-refractivity contribution in [3.05, 3.63) is 78.6 Å². The van der Waals surface area contributed by atoms with Crippen molar-refractivity contribution in [2.24, 2.45) is 0 Å². The van der Waals surface area contributed by atoms with Gasteiger partial charge in [0.2, 0.25) is 0 Å². The van der Waals surface area contributed by atoms with Crippen molar-refractivity contribution in [3.8, 4) is 0 Å². The highest BCUT2D eigenvalue weighted by Gasteiger charge is 2.25. The predicted molar refractivity (Wildman–Crippen MR) is 132 cm³/mol. The largest absolute Gasteiger partial charge is 0.464 e. The second kappa shape index (κ2) is 9.89. The zero-order chi connectivity index (χ0) is 24.2. The first kappa shape index (κ1) is 22.5. The summed E-state index contributed by atoms with van der Waals surface area (Å²) in [6.07, 6.45) is 1.58. The van der Waals surface area contributed by atoms with Gasteiger partial charge in [0.1, 0.15) is 5.58 Å². The molecule has 2 heterocycles. The number of furan rings is 1. The van der Waals surface area contributed by atoms with Gasteiger partial charge in [-0.1, -0.05) is 48.5 Å². The van der Waals surface area contributed by atoms with Crippen molar-refractivity contribution in [3.63, 3.8) is 0 Å². The van der Waals surface area contributed by atoms with Crippen molar-refractivity contribution in [1.29, 1.82) is 0 Å². The van der Waals surface area contributed by atoms with Gasteiger partial charge in [0.15, 0.2) is 6.61 Å². The Morgan fingerprint density at radius 2 is 1.57 bits per heavy atom. The molecule has 3 amide bonds. The summed E-state index contributed by atoms with van der Waals surface area (Å²) >= 11 is 0. The molecule has 8 nitrogen and oxygen atoms in total. The summed E-state index contributed by atoms with van der Waals surface area (Å²) in [5, 5.41) is 5.80. The molecule has 0 saturated carbocycles. The van der Waals surface area contributed by atoms with Crippen LogP contribution in [0.4, 0.5) is 10.5 Å². The van der Waals surface area contributed by atoms with Gasteiger partial charge in [-0.05, 0) is 29.0 Å². The maximum Gasteiger partial charge on any atom is 0.321 e. The highest BCUT2D eigenvalue weighted by atomic mass is 16.5. The molecule has 1 aromatic heterocycles. The Hall–Kier alpha value is -4.33. The van der Waals surface area contributed by atoms with Crippen molar-refractivity contribution >= 4 is 45.3 Å². The van der Waals surface area contributed by atoms with Gasteiger partial charge in [-0.15, -0.1) is 0 Å². The molecule has 0 radical (unpaired) electrons. The molecule has 1 aliphatic rings. The summed E-state index contributed by atoms with van der Waals surface area (Å²) in [5.41, 5.74) is 2.16. The van der Waals surface area contributed by atoms with Crippen LogP contribution in [-0.4, -0.2) is 60.5 Å². The number of para-hydroxylation sites is 1. The minimum Gasteiger partial charge on any atom is -0.464 e. The first-order valence-electron chi connectivity index (χ1n) is 11.5. The minimum atomic E-state index is -0.491. The second-order valence-corrected chi connectivity index (χ2v) is 8.42. The number of carbonyl (C=O) groups is 3. The summed E-state index contributed by atoms with van der Waals surface area (Å²) in [6, 6.07) is 20.8. The Kier molecular flexibility index (Phi) is 6.34. The Morgan fingerprint density at radius 3 is 2.37 bits per heavy atom. The molecule has 5 rings (SSSR count). The molecule has 0 bridgehead atoms. The Labute approximate surface area is 202 Å². The van der Waals surface area contributed by atoms with Gasteiger partial charge in [-0.25, -0.2) is 4.79 Å². The molecular formula is C27H25N3O5. The summed E-state index contributed by atoms with van der Waals surface area (Å²) < 4.78 is 10.9. The molecule has 1 aliphatic heterocycles. The van der Waals surface area contributed by atoms with Crippen LogP contribution < -0.4 is 5.32 Å². The molecule has 178 valence electrons. The van der Waals surface area contributed by atoms with Crippen molar-refractivity contribution in [2.75, 3.05) is 38.1 Å². The van der Waals surface area contributed by atoms with E-state index in [9.17, 15) is 14.4 Å². The van der Waals surface area contributed by atoms with Crippen LogP contribution in [0.2, 0.25) is 0 Å². The van der Waals surface area contributed by atoms with Gasteiger partial charge in [-0.3, -0.25) is 9.59 Å². The predicted octanol–water partition coefficient (Wildman–Crippen LogP) is 4.05. The van der Waals surface area contributed by atoms with E-state index in [-0.39, 0.29) is 25.0 Å². The third-order valence-electron chi connectivity index (χ3n) is 6.18. The number of hydrogen-bond donors (Lipinski definition) is 1. The van der Waals surface area contributed by atoms with Crippen LogP contribution in [0.5, 0.6) is 0 Å². The van der Waals surface area contributed by atoms with E-state index in [1.807, 2.05) is 66.7 Å². The summed E-state index contributed by atoms with van der Waals surface area (Å²) in [7, 11) is 0. The number of fused-ring (bicyclic) bond motifs is 3. The van der Waals surface area contributed by atoms with E-state index in [1.165, 1.54) is 0 Å². The molecule has 0 aliphatic carbocycles. The molecule has 1 N–H and O–H groups in total. The van der Waals surface area contributed by atoms with E-state index in [4.69, 9.17) is 9.15 Å². The SMILES string of the molecule is O=C(Cc1coc2ccc3ccccc3c12)OCC(=O)N1CCN(C(=O)Nc2ccccc2)CC1. The molecule has 8 heteroatoms. The van der Waals surface area contributed by atoms with Gasteiger partial charge >= 0.3 is 12.0 Å². The van der Waals surface area contributed by atoms with Crippen LogP contribution in [0.25, 0.3) is 21.7 Å². The maximum absolute atomic E-state index is 12.6. The third kappa shape index (κ3) is 4.96. The number of urea groups is 1. The lowest BCUT2D eigenvalue weighted by atomic mass is 10.0. The fraction of sp³-hybridized carbons (Fsp3) is 0.222. The molecule has 1 saturated heterocycles. The van der Waals surface area contributed by atoms with Crippen LogP contribution >= 0.6 is 0 Å². The number of hydrogen-bond acceptors (Lipinski definition) is 5. The zero-order valence-corrected chi connectivity index (χ0v) is 19.1. The first-order chi connectivity index (χ1) is 17.1. The van der Waals surface area contributed by atoms with E-state index < -0.39 is 5.97 Å². The van der Waals surface area contributed by atoms with E-state index in [2.05, 4.69) is 5.32 Å². The van der Waals surface area contributed by atoms with Crippen LogP contribution in [-0.2, 0) is 20.7 Å². The lowest BCUT2D eigenvalue weighted by Crippen LogP contribution is -2.52. The topological polar surface area (TPSA) is 92.1 Å². The third-order valence-corrected chi connectivity index (χ3v) is 6.18. The fourth-order valence-corrected chi connectivity index (χ4v) is 4.33. The number of anilines is 1. The number of nitrogens with zero attached hydrogens (tertiary/aromatic N) is 2. The van der Waals surface area contributed by atoms with Crippen molar-refractivity contribution < 1.29 is 23.5 Å². The number of nitrogens with one attached hydrogen (secondary N) is 1. The second-order valence-electron chi connectivity index (χ2n) is 8.42. The number of ether oxygens (including phenoxy) is 1. The highest BCUT2D eigenvalue weighted by Crippen LogP contribution is 2.30. The summed E-state index contributed by atoms with van der Waals surface area (Å²) in [5.74, 6) is -0.765.